The van der Waals surface area contributed by atoms with E-state index in [2.05, 4.69) is 20.4 Å². The molecule has 0 radical (unpaired) electrons. The summed E-state index contributed by atoms with van der Waals surface area (Å²) < 4.78 is 1.36. The molecule has 0 aliphatic carbocycles. The van der Waals surface area contributed by atoms with Crippen molar-refractivity contribution in [3.8, 4) is 0 Å². The number of nitrogens with zero attached hydrogens (tertiary/aromatic N) is 1. The van der Waals surface area contributed by atoms with Gasteiger partial charge in [-0.25, -0.2) is 0 Å². The molecule has 0 bridgehead atoms. The quantitative estimate of drug-likeness (QED) is 0.414. The van der Waals surface area contributed by atoms with Crippen molar-refractivity contribution in [1.82, 2.24) is 0 Å². The van der Waals surface area contributed by atoms with Crippen molar-refractivity contribution in [2.75, 3.05) is 13.1 Å². The van der Waals surface area contributed by atoms with Gasteiger partial charge >= 0.3 is 0 Å². The van der Waals surface area contributed by atoms with E-state index in [1.807, 2.05) is 0 Å². The van der Waals surface area contributed by atoms with Crippen molar-refractivity contribution in [1.29, 1.82) is 0 Å². The standard InChI is InChI=1S/C11H20N/c1-9(2)12-7-4-5-11(12)10(3)6-8-12/h9,11H,3-8H2,1-2H3/q+1/t11-,12?/m0/s1. The molecule has 0 N–H and O–H groups in total. The van der Waals surface area contributed by atoms with E-state index in [0.717, 1.165) is 12.1 Å². The summed E-state index contributed by atoms with van der Waals surface area (Å²) in [5.74, 6) is 0. The van der Waals surface area contributed by atoms with Crippen molar-refractivity contribution < 1.29 is 4.48 Å². The summed E-state index contributed by atoms with van der Waals surface area (Å²) >= 11 is 0. The van der Waals surface area contributed by atoms with Gasteiger partial charge in [0, 0.05) is 19.3 Å². The summed E-state index contributed by atoms with van der Waals surface area (Å²) in [5, 5.41) is 0. The lowest BCUT2D eigenvalue weighted by atomic mass is 10.1. The fourth-order valence-electron chi connectivity index (χ4n) is 3.22. The summed E-state index contributed by atoms with van der Waals surface area (Å²) in [6.45, 7) is 11.7. The van der Waals surface area contributed by atoms with E-state index in [9.17, 15) is 0 Å². The minimum Gasteiger partial charge on any atom is -0.315 e. The zero-order chi connectivity index (χ0) is 8.77. The van der Waals surface area contributed by atoms with Gasteiger partial charge < -0.3 is 4.48 Å². The lowest BCUT2D eigenvalue weighted by Gasteiger charge is -2.38. The Morgan fingerprint density at radius 1 is 1.42 bits per heavy atom. The summed E-state index contributed by atoms with van der Waals surface area (Å²) in [4.78, 5) is 0. The number of rotatable bonds is 1. The van der Waals surface area contributed by atoms with Crippen molar-refractivity contribution in [3.05, 3.63) is 12.2 Å². The van der Waals surface area contributed by atoms with E-state index >= 15 is 0 Å². The molecule has 1 unspecified atom stereocenters. The van der Waals surface area contributed by atoms with Gasteiger partial charge in [-0.05, 0) is 19.4 Å². The predicted molar refractivity (Wildman–Crippen MR) is 51.9 cm³/mol. The first-order chi connectivity index (χ1) is 5.67. The van der Waals surface area contributed by atoms with Crippen molar-refractivity contribution in [2.24, 2.45) is 0 Å². The van der Waals surface area contributed by atoms with Crippen LogP contribution in [0, 0.1) is 0 Å². The van der Waals surface area contributed by atoms with Crippen LogP contribution in [0.5, 0.6) is 0 Å². The highest BCUT2D eigenvalue weighted by Gasteiger charge is 2.49. The average Bonchev–Trinajstić information content (AvgIpc) is 2.53. The molecule has 68 valence electrons. The number of hydrogen-bond acceptors (Lipinski definition) is 0. The minimum atomic E-state index is 0.803. The maximum atomic E-state index is 4.21. The van der Waals surface area contributed by atoms with Gasteiger partial charge in [-0.3, -0.25) is 0 Å². The first-order valence-corrected chi connectivity index (χ1v) is 5.21. The third-order valence-corrected chi connectivity index (χ3v) is 4.02. The van der Waals surface area contributed by atoms with Crippen LogP contribution in [-0.2, 0) is 0 Å². The lowest BCUT2D eigenvalue weighted by molar-refractivity contribution is -0.944. The van der Waals surface area contributed by atoms with Gasteiger partial charge in [-0.1, -0.05) is 6.58 Å². The molecular formula is C11H20N+. The van der Waals surface area contributed by atoms with Crippen LogP contribution in [-0.4, -0.2) is 29.7 Å². The molecule has 2 rings (SSSR count). The highest BCUT2D eigenvalue weighted by Crippen LogP contribution is 2.40. The zero-order valence-electron chi connectivity index (χ0n) is 8.34. The van der Waals surface area contributed by atoms with E-state index < -0.39 is 0 Å². The van der Waals surface area contributed by atoms with Crippen LogP contribution < -0.4 is 0 Å². The van der Waals surface area contributed by atoms with Crippen molar-refractivity contribution in [3.63, 3.8) is 0 Å². The van der Waals surface area contributed by atoms with Crippen LogP contribution in [0.2, 0.25) is 0 Å². The molecule has 2 saturated heterocycles. The molecule has 12 heavy (non-hydrogen) atoms. The monoisotopic (exact) mass is 166 g/mol. The first kappa shape index (κ1) is 8.31. The number of quaternary nitrogens is 1. The summed E-state index contributed by atoms with van der Waals surface area (Å²) in [5.41, 5.74) is 1.53. The molecule has 0 aromatic heterocycles. The van der Waals surface area contributed by atoms with E-state index in [1.165, 1.54) is 42.4 Å². The molecule has 2 heterocycles. The Bertz CT molecular complexity index is 207. The van der Waals surface area contributed by atoms with E-state index in [0.29, 0.717) is 0 Å². The van der Waals surface area contributed by atoms with E-state index in [4.69, 9.17) is 0 Å². The molecule has 0 amide bonds. The number of fused-ring (bicyclic) bond motifs is 1. The first-order valence-electron chi connectivity index (χ1n) is 5.21. The second kappa shape index (κ2) is 2.59. The second-order valence-electron chi connectivity index (χ2n) is 4.71. The third kappa shape index (κ3) is 0.891. The average molecular weight is 166 g/mol. The second-order valence-corrected chi connectivity index (χ2v) is 4.71. The van der Waals surface area contributed by atoms with Crippen LogP contribution >= 0.6 is 0 Å². The predicted octanol–water partition coefficient (Wildman–Crippen LogP) is 2.33. The largest absolute Gasteiger partial charge is 0.315 e. The van der Waals surface area contributed by atoms with Crippen LogP contribution in [0.3, 0.4) is 0 Å². The van der Waals surface area contributed by atoms with Crippen LogP contribution in [0.1, 0.15) is 33.1 Å². The van der Waals surface area contributed by atoms with Gasteiger partial charge in [0.1, 0.15) is 6.04 Å². The highest BCUT2D eigenvalue weighted by molar-refractivity contribution is 5.08. The van der Waals surface area contributed by atoms with E-state index in [1.54, 1.807) is 0 Å². The Kier molecular flexibility index (Phi) is 1.80. The Morgan fingerprint density at radius 3 is 2.75 bits per heavy atom. The normalized spacial score (nSPS) is 40.9. The topological polar surface area (TPSA) is 0 Å². The molecule has 1 nitrogen and oxygen atoms in total. The molecule has 2 aliphatic heterocycles. The molecule has 2 fully saturated rings. The van der Waals surface area contributed by atoms with Gasteiger partial charge in [-0.15, -0.1) is 0 Å². The highest BCUT2D eigenvalue weighted by atomic mass is 15.4. The molecular weight excluding hydrogens is 146 g/mol. The van der Waals surface area contributed by atoms with Gasteiger partial charge in [0.2, 0.25) is 0 Å². The van der Waals surface area contributed by atoms with E-state index in [-0.39, 0.29) is 0 Å². The van der Waals surface area contributed by atoms with Gasteiger partial charge in [0.25, 0.3) is 0 Å². The van der Waals surface area contributed by atoms with Crippen LogP contribution in [0.15, 0.2) is 12.2 Å². The Balaban J connectivity index is 2.28. The molecule has 2 aliphatic rings. The Morgan fingerprint density at radius 2 is 2.17 bits per heavy atom. The molecule has 0 aromatic rings. The fraction of sp³-hybridized carbons (Fsp3) is 0.818. The number of hydrogen-bond donors (Lipinski definition) is 0. The summed E-state index contributed by atoms with van der Waals surface area (Å²) in [6, 6.07) is 1.63. The SMILES string of the molecule is C=C1CC[N+]2(C(C)C)CCC[C@@H]12. The van der Waals surface area contributed by atoms with Crippen LogP contribution in [0.25, 0.3) is 0 Å². The van der Waals surface area contributed by atoms with Gasteiger partial charge in [-0.2, -0.15) is 0 Å². The van der Waals surface area contributed by atoms with Gasteiger partial charge in [0.15, 0.2) is 0 Å². The molecule has 1 heteroatoms. The Labute approximate surface area is 75.7 Å². The molecule has 0 aromatic carbocycles. The third-order valence-electron chi connectivity index (χ3n) is 4.02. The fourth-order valence-corrected chi connectivity index (χ4v) is 3.22. The maximum Gasteiger partial charge on any atom is 0.111 e. The van der Waals surface area contributed by atoms with Crippen LogP contribution in [0.4, 0.5) is 0 Å². The smallest absolute Gasteiger partial charge is 0.111 e. The zero-order valence-corrected chi connectivity index (χ0v) is 8.34. The summed E-state index contributed by atoms with van der Waals surface area (Å²) in [7, 11) is 0. The molecule has 0 saturated carbocycles. The minimum absolute atomic E-state index is 0.803. The molecule has 2 atom stereocenters. The maximum absolute atomic E-state index is 4.21. The van der Waals surface area contributed by atoms with Crippen molar-refractivity contribution in [2.45, 2.75) is 45.2 Å². The van der Waals surface area contributed by atoms with Crippen molar-refractivity contribution >= 4 is 0 Å². The Hall–Kier alpha value is -0.300. The van der Waals surface area contributed by atoms with Gasteiger partial charge in [0.05, 0.1) is 19.1 Å². The molecule has 0 spiro atoms. The lowest BCUT2D eigenvalue weighted by Crippen LogP contribution is -2.52. The summed E-state index contributed by atoms with van der Waals surface area (Å²) in [6.07, 6.45) is 4.10.